The molecular formula is C22H30N2O4. The van der Waals surface area contributed by atoms with Gasteiger partial charge in [-0.05, 0) is 43.0 Å². The van der Waals surface area contributed by atoms with Crippen LogP contribution in [-0.2, 0) is 9.59 Å². The molecule has 28 heavy (non-hydrogen) atoms. The number of unbranched alkanes of at least 4 members (excludes halogenated alkanes) is 3. The molecule has 1 fully saturated rings. The second-order valence-electron chi connectivity index (χ2n) is 7.42. The molecule has 1 unspecified atom stereocenters. The van der Waals surface area contributed by atoms with Crippen molar-refractivity contribution >= 4 is 17.9 Å². The van der Waals surface area contributed by atoms with Crippen molar-refractivity contribution in [1.29, 1.82) is 0 Å². The molecule has 1 N–H and O–H groups in total. The van der Waals surface area contributed by atoms with Crippen LogP contribution in [0.3, 0.4) is 0 Å². The molecule has 152 valence electrons. The van der Waals surface area contributed by atoms with E-state index in [9.17, 15) is 9.59 Å². The summed E-state index contributed by atoms with van der Waals surface area (Å²) in [6.45, 7) is 4.33. The van der Waals surface area contributed by atoms with Gasteiger partial charge in [0.1, 0.15) is 0 Å². The lowest BCUT2D eigenvalue weighted by Gasteiger charge is -2.31. The monoisotopic (exact) mass is 386 g/mol. The maximum absolute atomic E-state index is 12.6. The summed E-state index contributed by atoms with van der Waals surface area (Å²) < 4.78 is 10.7. The standard InChI is InChI=1S/C22H30N2O4/c1-2-3-4-5-12-23-22(26)18-7-6-13-24(15-18)21(25)11-9-17-8-10-19-20(14-17)28-16-27-19/h8-11,14,18H,2-7,12-13,15-16H2,1H3,(H,23,26)/b11-9+. The summed E-state index contributed by atoms with van der Waals surface area (Å²) in [5.74, 6) is 1.33. The highest BCUT2D eigenvalue weighted by molar-refractivity contribution is 5.92. The average molecular weight is 386 g/mol. The molecule has 0 aromatic heterocycles. The molecule has 3 rings (SSSR count). The molecule has 0 saturated carbocycles. The molecule has 2 heterocycles. The van der Waals surface area contributed by atoms with Crippen molar-refractivity contribution in [3.63, 3.8) is 0 Å². The zero-order chi connectivity index (χ0) is 19.8. The molecule has 2 amide bonds. The first-order valence-electron chi connectivity index (χ1n) is 10.3. The van der Waals surface area contributed by atoms with Gasteiger partial charge in [-0.2, -0.15) is 0 Å². The van der Waals surface area contributed by atoms with E-state index in [-0.39, 0.29) is 24.5 Å². The Hall–Kier alpha value is -2.50. The fourth-order valence-electron chi connectivity index (χ4n) is 3.59. The highest BCUT2D eigenvalue weighted by Crippen LogP contribution is 2.32. The largest absolute Gasteiger partial charge is 0.454 e. The predicted molar refractivity (Wildman–Crippen MR) is 108 cm³/mol. The summed E-state index contributed by atoms with van der Waals surface area (Å²) in [6, 6.07) is 5.59. The summed E-state index contributed by atoms with van der Waals surface area (Å²) in [4.78, 5) is 26.7. The fraction of sp³-hybridized carbons (Fsp3) is 0.545. The zero-order valence-corrected chi connectivity index (χ0v) is 16.6. The Morgan fingerprint density at radius 3 is 2.93 bits per heavy atom. The number of nitrogens with zero attached hydrogens (tertiary/aromatic N) is 1. The Balaban J connectivity index is 1.48. The van der Waals surface area contributed by atoms with E-state index >= 15 is 0 Å². The molecule has 1 aromatic rings. The van der Waals surface area contributed by atoms with Gasteiger partial charge in [-0.1, -0.05) is 32.3 Å². The lowest BCUT2D eigenvalue weighted by molar-refractivity contribution is -0.132. The van der Waals surface area contributed by atoms with Gasteiger partial charge in [0.2, 0.25) is 18.6 Å². The highest BCUT2D eigenvalue weighted by Gasteiger charge is 2.27. The molecule has 0 radical (unpaired) electrons. The maximum Gasteiger partial charge on any atom is 0.246 e. The molecule has 0 aliphatic carbocycles. The van der Waals surface area contributed by atoms with Crippen LogP contribution in [0.4, 0.5) is 0 Å². The first-order chi connectivity index (χ1) is 13.7. The number of carbonyl (C=O) groups is 2. The molecule has 2 aliphatic rings. The number of carbonyl (C=O) groups excluding carboxylic acids is 2. The van der Waals surface area contributed by atoms with Crippen LogP contribution in [0.5, 0.6) is 11.5 Å². The van der Waals surface area contributed by atoms with Crippen molar-refractivity contribution in [1.82, 2.24) is 10.2 Å². The van der Waals surface area contributed by atoms with Crippen LogP contribution in [0.2, 0.25) is 0 Å². The van der Waals surface area contributed by atoms with Gasteiger partial charge in [0, 0.05) is 25.7 Å². The summed E-state index contributed by atoms with van der Waals surface area (Å²) in [6.07, 6.45) is 9.62. The number of benzene rings is 1. The first kappa shape index (κ1) is 20.2. The van der Waals surface area contributed by atoms with Gasteiger partial charge in [-0.25, -0.2) is 0 Å². The normalized spacial score (nSPS) is 18.5. The molecule has 1 atom stereocenters. The number of nitrogens with one attached hydrogen (secondary N) is 1. The van der Waals surface area contributed by atoms with E-state index < -0.39 is 0 Å². The van der Waals surface area contributed by atoms with Crippen molar-refractivity contribution < 1.29 is 19.1 Å². The minimum Gasteiger partial charge on any atom is -0.454 e. The lowest BCUT2D eigenvalue weighted by atomic mass is 9.97. The fourth-order valence-corrected chi connectivity index (χ4v) is 3.59. The number of hydrogen-bond donors (Lipinski definition) is 1. The Morgan fingerprint density at radius 2 is 2.07 bits per heavy atom. The quantitative estimate of drug-likeness (QED) is 0.549. The van der Waals surface area contributed by atoms with Crippen molar-refractivity contribution in [2.24, 2.45) is 5.92 Å². The van der Waals surface area contributed by atoms with Crippen LogP contribution in [0, 0.1) is 5.92 Å². The van der Waals surface area contributed by atoms with E-state index in [1.165, 1.54) is 12.8 Å². The molecule has 6 heteroatoms. The molecule has 1 saturated heterocycles. The van der Waals surface area contributed by atoms with Gasteiger partial charge in [0.25, 0.3) is 0 Å². The van der Waals surface area contributed by atoms with Crippen LogP contribution >= 0.6 is 0 Å². The zero-order valence-electron chi connectivity index (χ0n) is 16.6. The van der Waals surface area contributed by atoms with Crippen LogP contribution in [-0.4, -0.2) is 43.1 Å². The van der Waals surface area contributed by atoms with E-state index in [1.54, 1.807) is 17.1 Å². The van der Waals surface area contributed by atoms with Crippen LogP contribution < -0.4 is 14.8 Å². The summed E-state index contributed by atoms with van der Waals surface area (Å²) in [5.41, 5.74) is 0.885. The third kappa shape index (κ3) is 5.50. The number of piperidine rings is 1. The van der Waals surface area contributed by atoms with Crippen LogP contribution in [0.25, 0.3) is 6.08 Å². The van der Waals surface area contributed by atoms with Crippen LogP contribution in [0.1, 0.15) is 51.0 Å². The first-order valence-corrected chi connectivity index (χ1v) is 10.3. The second-order valence-corrected chi connectivity index (χ2v) is 7.42. The van der Waals surface area contributed by atoms with E-state index in [4.69, 9.17) is 9.47 Å². The van der Waals surface area contributed by atoms with E-state index in [2.05, 4.69) is 12.2 Å². The Labute approximate surface area is 166 Å². The smallest absolute Gasteiger partial charge is 0.246 e. The Bertz CT molecular complexity index is 716. The van der Waals surface area contributed by atoms with Gasteiger partial charge in [0.05, 0.1) is 5.92 Å². The van der Waals surface area contributed by atoms with E-state index in [0.29, 0.717) is 18.8 Å². The average Bonchev–Trinajstić information content (AvgIpc) is 3.19. The van der Waals surface area contributed by atoms with Crippen LogP contribution in [0.15, 0.2) is 24.3 Å². The molecule has 0 spiro atoms. The van der Waals surface area contributed by atoms with Gasteiger partial charge in [-0.3, -0.25) is 9.59 Å². The number of hydrogen-bond acceptors (Lipinski definition) is 4. The third-order valence-corrected chi connectivity index (χ3v) is 5.25. The molecule has 1 aromatic carbocycles. The van der Waals surface area contributed by atoms with Crippen molar-refractivity contribution in [2.75, 3.05) is 26.4 Å². The van der Waals surface area contributed by atoms with Gasteiger partial charge in [0.15, 0.2) is 11.5 Å². The number of ether oxygens (including phenoxy) is 2. The number of fused-ring (bicyclic) bond motifs is 1. The van der Waals surface area contributed by atoms with Gasteiger partial charge < -0.3 is 19.7 Å². The van der Waals surface area contributed by atoms with Crippen molar-refractivity contribution in [3.05, 3.63) is 29.8 Å². The summed E-state index contributed by atoms with van der Waals surface area (Å²) in [5, 5.41) is 3.03. The SMILES string of the molecule is CCCCCCNC(=O)C1CCCN(C(=O)/C=C/c2ccc3c(c2)OCO3)C1. The number of amides is 2. The van der Waals surface area contributed by atoms with Gasteiger partial charge >= 0.3 is 0 Å². The second kappa shape index (κ2) is 10.2. The Morgan fingerprint density at radius 1 is 1.21 bits per heavy atom. The number of rotatable bonds is 8. The lowest BCUT2D eigenvalue weighted by Crippen LogP contribution is -2.45. The highest BCUT2D eigenvalue weighted by atomic mass is 16.7. The summed E-state index contributed by atoms with van der Waals surface area (Å²) in [7, 11) is 0. The van der Waals surface area contributed by atoms with E-state index in [0.717, 1.165) is 43.5 Å². The maximum atomic E-state index is 12.6. The minimum atomic E-state index is -0.109. The van der Waals surface area contributed by atoms with Gasteiger partial charge in [-0.15, -0.1) is 0 Å². The number of likely N-dealkylation sites (tertiary alicyclic amines) is 1. The molecule has 0 bridgehead atoms. The minimum absolute atomic E-state index is 0.0573. The molecular weight excluding hydrogens is 356 g/mol. The van der Waals surface area contributed by atoms with Crippen molar-refractivity contribution in [3.8, 4) is 11.5 Å². The van der Waals surface area contributed by atoms with E-state index in [1.807, 2.05) is 18.2 Å². The Kier molecular flexibility index (Phi) is 7.34. The molecule has 6 nitrogen and oxygen atoms in total. The topological polar surface area (TPSA) is 67.9 Å². The van der Waals surface area contributed by atoms with Crippen molar-refractivity contribution in [2.45, 2.75) is 45.4 Å². The summed E-state index contributed by atoms with van der Waals surface area (Å²) >= 11 is 0. The predicted octanol–water partition coefficient (Wildman–Crippen LogP) is 3.36. The molecule has 2 aliphatic heterocycles. The third-order valence-electron chi connectivity index (χ3n) is 5.25.